The van der Waals surface area contributed by atoms with E-state index in [1.807, 2.05) is 0 Å². The van der Waals surface area contributed by atoms with Crippen molar-refractivity contribution in [2.24, 2.45) is 0 Å². The summed E-state index contributed by atoms with van der Waals surface area (Å²) < 4.78 is 10.5. The van der Waals surface area contributed by atoms with E-state index in [9.17, 15) is 9.59 Å². The topological polar surface area (TPSA) is 72.8 Å². The normalized spacial score (nSPS) is 9.76. The van der Waals surface area contributed by atoms with Crippen molar-refractivity contribution in [3.63, 3.8) is 0 Å². The lowest BCUT2D eigenvalue weighted by Crippen LogP contribution is -2.06. The van der Waals surface area contributed by atoms with Crippen molar-refractivity contribution in [2.75, 3.05) is 13.7 Å². The molecule has 0 amide bonds. The molecule has 0 atom stereocenters. The van der Waals surface area contributed by atoms with Gasteiger partial charge in [0, 0.05) is 0 Å². The van der Waals surface area contributed by atoms with Gasteiger partial charge < -0.3 is 14.6 Å². The number of rotatable bonds is 5. The fourth-order valence-electron chi connectivity index (χ4n) is 1.11. The lowest BCUT2D eigenvalue weighted by molar-refractivity contribution is -0.137. The predicted octanol–water partition coefficient (Wildman–Crippen LogP) is 2.09. The summed E-state index contributed by atoms with van der Waals surface area (Å²) in [6.45, 7) is 0.0402. The molecule has 0 saturated carbocycles. The van der Waals surface area contributed by atoms with Crippen molar-refractivity contribution in [3.05, 3.63) is 28.2 Å². The van der Waals surface area contributed by atoms with Gasteiger partial charge in [0.25, 0.3) is 0 Å². The van der Waals surface area contributed by atoms with Crippen LogP contribution in [0.3, 0.4) is 0 Å². The number of carbonyl (C=O) groups excluding carboxylic acids is 1. The zero-order chi connectivity index (χ0) is 12.8. The molecule has 1 rings (SSSR count). The molecule has 0 aliphatic heterocycles. The second-order valence-corrected chi connectivity index (χ2v) is 3.98. The molecule has 17 heavy (non-hydrogen) atoms. The minimum atomic E-state index is -0.940. The number of benzene rings is 1. The SMILES string of the molecule is COC(=O)c1ccc(Br)c(OCCC(=O)O)c1. The maximum atomic E-state index is 11.3. The molecule has 0 unspecified atom stereocenters. The first kappa shape index (κ1) is 13.5. The van der Waals surface area contributed by atoms with Crippen LogP contribution in [0.25, 0.3) is 0 Å². The van der Waals surface area contributed by atoms with Gasteiger partial charge >= 0.3 is 11.9 Å². The Morgan fingerprint density at radius 1 is 1.41 bits per heavy atom. The molecule has 0 aliphatic rings. The lowest BCUT2D eigenvalue weighted by atomic mass is 10.2. The summed E-state index contributed by atoms with van der Waals surface area (Å²) in [6, 6.07) is 4.72. The maximum absolute atomic E-state index is 11.3. The Kier molecular flexibility index (Phi) is 4.96. The number of methoxy groups -OCH3 is 1. The summed E-state index contributed by atoms with van der Waals surface area (Å²) in [7, 11) is 1.29. The van der Waals surface area contributed by atoms with E-state index in [0.717, 1.165) is 0 Å². The first-order valence-electron chi connectivity index (χ1n) is 4.77. The van der Waals surface area contributed by atoms with E-state index < -0.39 is 11.9 Å². The number of halogens is 1. The molecule has 1 aromatic rings. The van der Waals surface area contributed by atoms with Gasteiger partial charge in [-0.15, -0.1) is 0 Å². The largest absolute Gasteiger partial charge is 0.492 e. The number of esters is 1. The lowest BCUT2D eigenvalue weighted by Gasteiger charge is -2.08. The van der Waals surface area contributed by atoms with Gasteiger partial charge in [-0.1, -0.05) is 0 Å². The van der Waals surface area contributed by atoms with Gasteiger partial charge in [-0.25, -0.2) is 4.79 Å². The van der Waals surface area contributed by atoms with Gasteiger partial charge in [-0.2, -0.15) is 0 Å². The fraction of sp³-hybridized carbons (Fsp3) is 0.273. The molecule has 5 nitrogen and oxygen atoms in total. The van der Waals surface area contributed by atoms with Crippen molar-refractivity contribution in [2.45, 2.75) is 6.42 Å². The van der Waals surface area contributed by atoms with Crippen molar-refractivity contribution in [1.29, 1.82) is 0 Å². The highest BCUT2D eigenvalue weighted by Crippen LogP contribution is 2.26. The number of aliphatic carboxylic acids is 1. The Morgan fingerprint density at radius 2 is 2.12 bits per heavy atom. The number of hydrogen-bond donors (Lipinski definition) is 1. The van der Waals surface area contributed by atoms with Crippen LogP contribution < -0.4 is 4.74 Å². The maximum Gasteiger partial charge on any atom is 0.337 e. The van der Waals surface area contributed by atoms with Crippen LogP contribution in [0.5, 0.6) is 5.75 Å². The molecule has 0 saturated heterocycles. The quantitative estimate of drug-likeness (QED) is 0.843. The number of ether oxygens (including phenoxy) is 2. The van der Waals surface area contributed by atoms with Crippen LogP contribution in [0, 0.1) is 0 Å². The van der Waals surface area contributed by atoms with E-state index in [0.29, 0.717) is 15.8 Å². The third kappa shape index (κ3) is 4.07. The van der Waals surface area contributed by atoms with Crippen LogP contribution in [-0.4, -0.2) is 30.8 Å². The minimum Gasteiger partial charge on any atom is -0.492 e. The second-order valence-electron chi connectivity index (χ2n) is 3.13. The Balaban J connectivity index is 2.76. The average molecular weight is 303 g/mol. The van der Waals surface area contributed by atoms with E-state index in [4.69, 9.17) is 9.84 Å². The van der Waals surface area contributed by atoms with Crippen LogP contribution >= 0.6 is 15.9 Å². The smallest absolute Gasteiger partial charge is 0.337 e. The molecule has 1 aromatic carbocycles. The van der Waals surface area contributed by atoms with Gasteiger partial charge in [0.05, 0.1) is 30.2 Å². The molecule has 0 radical (unpaired) electrons. The van der Waals surface area contributed by atoms with Crippen molar-refractivity contribution in [1.82, 2.24) is 0 Å². The summed E-state index contributed by atoms with van der Waals surface area (Å²) in [6.07, 6.45) is -0.102. The number of carbonyl (C=O) groups is 2. The molecule has 0 fully saturated rings. The Labute approximate surface area is 106 Å². The van der Waals surface area contributed by atoms with Gasteiger partial charge in [-0.05, 0) is 34.1 Å². The van der Waals surface area contributed by atoms with E-state index in [2.05, 4.69) is 20.7 Å². The average Bonchev–Trinajstić information content (AvgIpc) is 2.30. The van der Waals surface area contributed by atoms with Gasteiger partial charge in [-0.3, -0.25) is 4.79 Å². The molecule has 6 heteroatoms. The summed E-state index contributed by atoms with van der Waals surface area (Å²) in [5.41, 5.74) is 0.348. The zero-order valence-electron chi connectivity index (χ0n) is 9.10. The van der Waals surface area contributed by atoms with E-state index >= 15 is 0 Å². The molecule has 0 heterocycles. The summed E-state index contributed by atoms with van der Waals surface area (Å²) >= 11 is 3.24. The van der Waals surface area contributed by atoms with Crippen molar-refractivity contribution < 1.29 is 24.2 Å². The molecule has 0 bridgehead atoms. The third-order valence-electron chi connectivity index (χ3n) is 1.93. The van der Waals surface area contributed by atoms with E-state index in [-0.39, 0.29) is 13.0 Å². The monoisotopic (exact) mass is 302 g/mol. The second kappa shape index (κ2) is 6.24. The highest BCUT2D eigenvalue weighted by Gasteiger charge is 2.10. The van der Waals surface area contributed by atoms with Crippen molar-refractivity contribution in [3.8, 4) is 5.75 Å². The van der Waals surface area contributed by atoms with E-state index in [1.165, 1.54) is 13.2 Å². The molecular formula is C11H11BrO5. The zero-order valence-corrected chi connectivity index (χ0v) is 10.7. The summed E-state index contributed by atoms with van der Waals surface area (Å²) in [4.78, 5) is 21.6. The first-order chi connectivity index (χ1) is 8.04. The Hall–Kier alpha value is -1.56. The number of hydrogen-bond acceptors (Lipinski definition) is 4. The first-order valence-corrected chi connectivity index (χ1v) is 5.56. The molecular weight excluding hydrogens is 292 g/mol. The van der Waals surface area contributed by atoms with Crippen LogP contribution in [0.1, 0.15) is 16.8 Å². The Morgan fingerprint density at radius 3 is 2.71 bits per heavy atom. The van der Waals surface area contributed by atoms with Crippen LogP contribution in [0.4, 0.5) is 0 Å². The predicted molar refractivity (Wildman–Crippen MR) is 63.2 cm³/mol. The minimum absolute atomic E-state index is 0.0402. The summed E-state index contributed by atoms with van der Waals surface area (Å²) in [5, 5.41) is 8.48. The summed E-state index contributed by atoms with van der Waals surface area (Å²) in [5.74, 6) is -1.00. The van der Waals surface area contributed by atoms with Gasteiger partial charge in [0.1, 0.15) is 5.75 Å². The number of carboxylic acid groups (broad SMARTS) is 1. The van der Waals surface area contributed by atoms with Crippen LogP contribution in [0.2, 0.25) is 0 Å². The molecule has 0 spiro atoms. The molecule has 0 aromatic heterocycles. The number of carboxylic acids is 1. The highest BCUT2D eigenvalue weighted by atomic mass is 79.9. The van der Waals surface area contributed by atoms with E-state index in [1.54, 1.807) is 12.1 Å². The molecule has 0 aliphatic carbocycles. The third-order valence-corrected chi connectivity index (χ3v) is 2.58. The Bertz CT molecular complexity index is 430. The van der Waals surface area contributed by atoms with Crippen LogP contribution in [-0.2, 0) is 9.53 Å². The van der Waals surface area contributed by atoms with Gasteiger partial charge in [0.2, 0.25) is 0 Å². The van der Waals surface area contributed by atoms with Crippen molar-refractivity contribution >= 4 is 27.9 Å². The molecule has 92 valence electrons. The van der Waals surface area contributed by atoms with Crippen LogP contribution in [0.15, 0.2) is 22.7 Å². The standard InChI is InChI=1S/C11H11BrO5/c1-16-11(15)7-2-3-8(12)9(6-7)17-5-4-10(13)14/h2-3,6H,4-5H2,1H3,(H,13,14). The molecule has 1 N–H and O–H groups in total. The highest BCUT2D eigenvalue weighted by molar-refractivity contribution is 9.10. The van der Waals surface area contributed by atoms with Gasteiger partial charge in [0.15, 0.2) is 0 Å². The fourth-order valence-corrected chi connectivity index (χ4v) is 1.47.